The van der Waals surface area contributed by atoms with Gasteiger partial charge in [0.25, 0.3) is 0 Å². The van der Waals surface area contributed by atoms with Crippen LogP contribution in [0, 0.1) is 16.0 Å². The van der Waals surface area contributed by atoms with Gasteiger partial charge < -0.3 is 5.32 Å². The van der Waals surface area contributed by atoms with Gasteiger partial charge >= 0.3 is 11.9 Å². The first-order valence-corrected chi connectivity index (χ1v) is 6.83. The monoisotopic (exact) mass is 319 g/mol. The van der Waals surface area contributed by atoms with Crippen molar-refractivity contribution < 1.29 is 18.1 Å². The fraction of sp³-hybridized carbons (Fsp3) is 0.667. The van der Waals surface area contributed by atoms with Crippen LogP contribution in [0.5, 0.6) is 0 Å². The Morgan fingerprint density at radius 2 is 1.91 bits per heavy atom. The molecular weight excluding hydrogens is 303 g/mol. The van der Waals surface area contributed by atoms with Crippen molar-refractivity contribution in [3.05, 3.63) is 22.5 Å². The van der Waals surface area contributed by atoms with E-state index in [1.165, 1.54) is 4.90 Å². The van der Waals surface area contributed by atoms with Crippen molar-refractivity contribution in [3.63, 3.8) is 0 Å². The van der Waals surface area contributed by atoms with E-state index in [2.05, 4.69) is 15.3 Å². The second-order valence-electron chi connectivity index (χ2n) is 5.24. The van der Waals surface area contributed by atoms with Gasteiger partial charge in [0.1, 0.15) is 12.4 Å². The molecule has 1 aliphatic heterocycles. The molecule has 2 heterocycles. The van der Waals surface area contributed by atoms with E-state index in [1.54, 1.807) is 0 Å². The number of anilines is 1. The molecule has 1 N–H and O–H groups in total. The molecule has 0 spiro atoms. The number of nitrogens with one attached hydrogen (secondary N) is 1. The highest BCUT2D eigenvalue weighted by Gasteiger charge is 2.32. The molecule has 0 radical (unpaired) electrons. The van der Waals surface area contributed by atoms with E-state index in [1.807, 2.05) is 0 Å². The van der Waals surface area contributed by atoms with Crippen LogP contribution in [0.25, 0.3) is 0 Å². The van der Waals surface area contributed by atoms with Gasteiger partial charge in [0.05, 0.1) is 11.5 Å². The minimum absolute atomic E-state index is 0.189. The number of nitrogens with zero attached hydrogens (tertiary/aromatic N) is 4. The Kier molecular flexibility index (Phi) is 5.11. The molecule has 1 fully saturated rings. The van der Waals surface area contributed by atoms with E-state index in [0.717, 1.165) is 12.4 Å². The summed E-state index contributed by atoms with van der Waals surface area (Å²) in [5, 5.41) is 13.4. The van der Waals surface area contributed by atoms with E-state index < -0.39 is 17.6 Å². The second-order valence-corrected chi connectivity index (χ2v) is 5.24. The summed E-state index contributed by atoms with van der Waals surface area (Å²) in [6.45, 7) is 0.496. The highest BCUT2D eigenvalue weighted by atomic mass is 19.4. The first kappa shape index (κ1) is 16.4. The average Bonchev–Trinajstić information content (AvgIpc) is 2.45. The zero-order valence-electron chi connectivity index (χ0n) is 11.7. The highest BCUT2D eigenvalue weighted by Crippen LogP contribution is 2.22. The number of likely N-dealkylation sites (tertiary alicyclic amines) is 1. The molecule has 0 unspecified atom stereocenters. The molecule has 0 saturated carbocycles. The largest absolute Gasteiger partial charge is 0.401 e. The Labute approximate surface area is 124 Å². The number of hydrogen-bond acceptors (Lipinski definition) is 6. The molecule has 1 aromatic rings. The van der Waals surface area contributed by atoms with Gasteiger partial charge in [-0.2, -0.15) is 13.2 Å². The quantitative estimate of drug-likeness (QED) is 0.661. The summed E-state index contributed by atoms with van der Waals surface area (Å²) in [6.07, 6.45) is -0.605. The molecule has 0 aromatic carbocycles. The standard InChI is InChI=1S/C12H16F3N5O2/c13-12(14,15)8-19-3-1-9(2-4-19)5-16-11-17-6-10(7-18-11)20(21)22/h6-7,9H,1-5,8H2,(H,16,17,18). The second kappa shape index (κ2) is 6.86. The molecule has 2 rings (SSSR count). The van der Waals surface area contributed by atoms with Gasteiger partial charge in [-0.3, -0.25) is 15.0 Å². The Balaban J connectivity index is 1.73. The summed E-state index contributed by atoms with van der Waals surface area (Å²) in [5.74, 6) is 0.520. The molecule has 0 bridgehead atoms. The zero-order chi connectivity index (χ0) is 16.2. The maximum absolute atomic E-state index is 12.3. The number of piperidine rings is 1. The average molecular weight is 319 g/mol. The Hall–Kier alpha value is -1.97. The van der Waals surface area contributed by atoms with Gasteiger partial charge in [-0.05, 0) is 31.8 Å². The van der Waals surface area contributed by atoms with Gasteiger partial charge in [0.2, 0.25) is 5.95 Å². The molecule has 10 heteroatoms. The lowest BCUT2D eigenvalue weighted by Gasteiger charge is -2.32. The third-order valence-electron chi connectivity index (χ3n) is 3.51. The SMILES string of the molecule is O=[N+]([O-])c1cnc(NCC2CCN(CC(F)(F)F)CC2)nc1. The van der Waals surface area contributed by atoms with Gasteiger partial charge in [-0.25, -0.2) is 9.97 Å². The van der Waals surface area contributed by atoms with Crippen molar-refractivity contribution in [3.8, 4) is 0 Å². The number of halogens is 3. The number of aromatic nitrogens is 2. The first-order chi connectivity index (χ1) is 10.3. The van der Waals surface area contributed by atoms with Crippen LogP contribution >= 0.6 is 0 Å². The lowest BCUT2D eigenvalue weighted by Crippen LogP contribution is -2.41. The molecule has 1 aliphatic rings. The summed E-state index contributed by atoms with van der Waals surface area (Å²) in [4.78, 5) is 18.9. The summed E-state index contributed by atoms with van der Waals surface area (Å²) in [7, 11) is 0. The summed E-state index contributed by atoms with van der Waals surface area (Å²) >= 11 is 0. The lowest BCUT2D eigenvalue weighted by atomic mass is 9.97. The van der Waals surface area contributed by atoms with Crippen molar-refractivity contribution in [2.45, 2.75) is 19.0 Å². The Bertz CT molecular complexity index is 500. The summed E-state index contributed by atoms with van der Waals surface area (Å²) in [5.41, 5.74) is -0.189. The lowest BCUT2D eigenvalue weighted by molar-refractivity contribution is -0.385. The fourth-order valence-electron chi connectivity index (χ4n) is 2.34. The van der Waals surface area contributed by atoms with Crippen molar-refractivity contribution in [1.82, 2.24) is 14.9 Å². The predicted octanol–water partition coefficient (Wildman–Crippen LogP) is 2.07. The molecular formula is C12H16F3N5O2. The zero-order valence-corrected chi connectivity index (χ0v) is 11.7. The Morgan fingerprint density at radius 3 is 2.41 bits per heavy atom. The van der Waals surface area contributed by atoms with Crippen LogP contribution in [0.2, 0.25) is 0 Å². The molecule has 122 valence electrons. The van der Waals surface area contributed by atoms with Crippen molar-refractivity contribution in [2.75, 3.05) is 31.5 Å². The molecule has 1 saturated heterocycles. The first-order valence-electron chi connectivity index (χ1n) is 6.83. The van der Waals surface area contributed by atoms with E-state index in [0.29, 0.717) is 32.5 Å². The normalized spacial score (nSPS) is 17.4. The summed E-state index contributed by atoms with van der Waals surface area (Å²) in [6, 6.07) is 0. The molecule has 0 aliphatic carbocycles. The third-order valence-corrected chi connectivity index (χ3v) is 3.51. The van der Waals surface area contributed by atoms with Gasteiger partial charge in [0, 0.05) is 6.54 Å². The van der Waals surface area contributed by atoms with Crippen LogP contribution in [0.1, 0.15) is 12.8 Å². The van der Waals surface area contributed by atoms with Crippen LogP contribution in [0.3, 0.4) is 0 Å². The maximum Gasteiger partial charge on any atom is 0.401 e. The molecule has 1 aromatic heterocycles. The fourth-order valence-corrected chi connectivity index (χ4v) is 2.34. The van der Waals surface area contributed by atoms with Crippen LogP contribution < -0.4 is 5.32 Å². The smallest absolute Gasteiger partial charge is 0.354 e. The minimum atomic E-state index is -4.16. The van der Waals surface area contributed by atoms with Crippen LogP contribution in [-0.2, 0) is 0 Å². The molecule has 7 nitrogen and oxygen atoms in total. The number of rotatable bonds is 5. The molecule has 22 heavy (non-hydrogen) atoms. The van der Waals surface area contributed by atoms with Gasteiger partial charge in [-0.15, -0.1) is 0 Å². The van der Waals surface area contributed by atoms with Crippen LogP contribution in [0.4, 0.5) is 24.8 Å². The number of alkyl halides is 3. The van der Waals surface area contributed by atoms with E-state index >= 15 is 0 Å². The van der Waals surface area contributed by atoms with Gasteiger partial charge in [0.15, 0.2) is 0 Å². The topological polar surface area (TPSA) is 84.2 Å². The van der Waals surface area contributed by atoms with Crippen molar-refractivity contribution in [1.29, 1.82) is 0 Å². The number of hydrogen-bond donors (Lipinski definition) is 1. The van der Waals surface area contributed by atoms with E-state index in [-0.39, 0.29) is 17.6 Å². The highest BCUT2D eigenvalue weighted by molar-refractivity contribution is 5.30. The van der Waals surface area contributed by atoms with E-state index in [4.69, 9.17) is 0 Å². The minimum Gasteiger partial charge on any atom is -0.354 e. The molecule has 0 atom stereocenters. The van der Waals surface area contributed by atoms with Crippen LogP contribution in [-0.4, -0.2) is 52.1 Å². The molecule has 0 amide bonds. The number of nitro groups is 1. The van der Waals surface area contributed by atoms with Crippen molar-refractivity contribution in [2.24, 2.45) is 5.92 Å². The van der Waals surface area contributed by atoms with Gasteiger partial charge in [-0.1, -0.05) is 0 Å². The predicted molar refractivity (Wildman–Crippen MR) is 72.4 cm³/mol. The Morgan fingerprint density at radius 1 is 1.32 bits per heavy atom. The van der Waals surface area contributed by atoms with E-state index in [9.17, 15) is 23.3 Å². The van der Waals surface area contributed by atoms with Crippen molar-refractivity contribution >= 4 is 11.6 Å². The van der Waals surface area contributed by atoms with Crippen LogP contribution in [0.15, 0.2) is 12.4 Å². The maximum atomic E-state index is 12.3. The summed E-state index contributed by atoms with van der Waals surface area (Å²) < 4.78 is 36.8. The third kappa shape index (κ3) is 5.10.